The predicted octanol–water partition coefficient (Wildman–Crippen LogP) is 18.2. The first-order chi connectivity index (χ1) is 28.1. The van der Waals surface area contributed by atoms with E-state index in [1.54, 1.807) is 0 Å². The number of rotatable bonds is 51. The van der Waals surface area contributed by atoms with E-state index in [2.05, 4.69) is 27.7 Å². The lowest BCUT2D eigenvalue weighted by molar-refractivity contribution is 0.0544. The highest BCUT2D eigenvalue weighted by Gasteiger charge is 2.41. The minimum atomic E-state index is -2.75. The van der Waals surface area contributed by atoms with E-state index in [0.717, 1.165) is 51.5 Å². The quantitative estimate of drug-likeness (QED) is 0.0490. The van der Waals surface area contributed by atoms with Crippen LogP contribution in [0.25, 0.3) is 0 Å². The van der Waals surface area contributed by atoms with Gasteiger partial charge in [-0.2, -0.15) is 0 Å². The maximum Gasteiger partial charge on any atom is 0.501 e. The summed E-state index contributed by atoms with van der Waals surface area (Å²) < 4.78 is 20.3. The van der Waals surface area contributed by atoms with Crippen LogP contribution in [0.15, 0.2) is 0 Å². The van der Waals surface area contributed by atoms with Gasteiger partial charge in [-0.15, -0.1) is 0 Å². The van der Waals surface area contributed by atoms with E-state index >= 15 is 0 Å². The third kappa shape index (κ3) is 45.4. The third-order valence-corrected chi connectivity index (χ3v) is 15.2. The van der Waals surface area contributed by atoms with E-state index in [1.807, 2.05) is 0 Å². The minimum absolute atomic E-state index is 0.149. The average molecular weight is 825 g/mol. The molecule has 0 aliphatic carbocycles. The van der Waals surface area contributed by atoms with Gasteiger partial charge in [0.05, 0.1) is 0 Å². The largest absolute Gasteiger partial charge is 0.501 e. The molecule has 0 radical (unpaired) electrons. The molecule has 0 aliphatic heterocycles. The molecular formula is C52H109NO3Si. The van der Waals surface area contributed by atoms with Gasteiger partial charge < -0.3 is 19.0 Å². The van der Waals surface area contributed by atoms with E-state index < -0.39 is 8.80 Å². The second kappa shape index (κ2) is 48.7. The lowest BCUT2D eigenvalue weighted by atomic mass is 10.0. The molecule has 1 unspecified atom stereocenters. The summed E-state index contributed by atoms with van der Waals surface area (Å²) in [7, 11) is -2.75. The maximum atomic E-state index is 6.76. The molecule has 0 amide bonds. The summed E-state index contributed by atoms with van der Waals surface area (Å²) >= 11 is 0. The first kappa shape index (κ1) is 57.1. The molecule has 0 aromatic rings. The molecule has 0 rings (SSSR count). The van der Waals surface area contributed by atoms with Crippen molar-refractivity contribution in [1.29, 1.82) is 0 Å². The van der Waals surface area contributed by atoms with Crippen molar-refractivity contribution in [2.75, 3.05) is 19.8 Å². The van der Waals surface area contributed by atoms with Gasteiger partial charge in [-0.3, -0.25) is 0 Å². The molecule has 0 bridgehead atoms. The third-order valence-electron chi connectivity index (χ3n) is 12.4. The van der Waals surface area contributed by atoms with Gasteiger partial charge in [-0.25, -0.2) is 0 Å². The van der Waals surface area contributed by atoms with E-state index in [-0.39, 0.29) is 6.04 Å². The lowest BCUT2D eigenvalue weighted by Crippen LogP contribution is -2.47. The van der Waals surface area contributed by atoms with Gasteiger partial charge in [0, 0.05) is 31.9 Å². The topological polar surface area (TPSA) is 53.7 Å². The monoisotopic (exact) mass is 824 g/mol. The molecule has 0 aromatic carbocycles. The first-order valence-corrected chi connectivity index (χ1v) is 28.7. The van der Waals surface area contributed by atoms with E-state index in [1.165, 1.54) is 250 Å². The van der Waals surface area contributed by atoms with Gasteiger partial charge in [0.2, 0.25) is 0 Å². The van der Waals surface area contributed by atoms with Crippen LogP contribution < -0.4 is 5.73 Å². The number of unbranched alkanes of at least 4 members (excludes halogenated alkanes) is 39. The highest BCUT2D eigenvalue weighted by atomic mass is 28.4. The molecule has 0 aliphatic rings. The number of hydrogen-bond acceptors (Lipinski definition) is 4. The first-order valence-electron chi connectivity index (χ1n) is 26.8. The SMILES string of the molecule is CCCCCCCCCCCCCCCCO[Si](CCC(C)N)(OCCCCCCCCCCCCCCCC)OCCCCCCCCCCCCCCCC. The molecule has 5 heteroatoms. The van der Waals surface area contributed by atoms with Gasteiger partial charge in [0.1, 0.15) is 0 Å². The smallest absolute Gasteiger partial charge is 0.373 e. The van der Waals surface area contributed by atoms with E-state index in [4.69, 9.17) is 19.0 Å². The zero-order chi connectivity index (χ0) is 41.4. The van der Waals surface area contributed by atoms with Crippen LogP contribution in [0.1, 0.15) is 304 Å². The summed E-state index contributed by atoms with van der Waals surface area (Å²) in [6.45, 7) is 11.4. The molecule has 2 N–H and O–H groups in total. The van der Waals surface area contributed by atoms with Crippen molar-refractivity contribution in [2.45, 2.75) is 316 Å². The normalized spacial score (nSPS) is 12.6. The molecule has 0 heterocycles. The van der Waals surface area contributed by atoms with Crippen LogP contribution in [0.2, 0.25) is 6.04 Å². The van der Waals surface area contributed by atoms with Crippen molar-refractivity contribution in [2.24, 2.45) is 5.73 Å². The van der Waals surface area contributed by atoms with Crippen LogP contribution in [-0.2, 0) is 13.3 Å². The van der Waals surface area contributed by atoms with Gasteiger partial charge in [0.15, 0.2) is 0 Å². The Bertz CT molecular complexity index is 638. The molecule has 0 aromatic heterocycles. The Labute approximate surface area is 362 Å². The van der Waals surface area contributed by atoms with Crippen molar-refractivity contribution in [3.05, 3.63) is 0 Å². The van der Waals surface area contributed by atoms with E-state index in [0.29, 0.717) is 0 Å². The average Bonchev–Trinajstić information content (AvgIpc) is 3.21. The standard InChI is InChI=1S/C52H109NO3Si/c1-5-8-11-14-17-20-23-26-29-32-35-38-41-44-48-54-57(51-47-52(4)53,55-49-45-42-39-36-33-30-27-24-21-18-15-12-9-6-2)56-50-46-43-40-37-34-31-28-25-22-19-16-13-10-7-3/h52H,5-51,53H2,1-4H3. The molecular weight excluding hydrogens is 715 g/mol. The molecule has 1 atom stereocenters. The second-order valence-corrected chi connectivity index (χ2v) is 21.3. The molecule has 0 saturated carbocycles. The van der Waals surface area contributed by atoms with Crippen LogP contribution in [0.5, 0.6) is 0 Å². The molecule has 0 fully saturated rings. The number of nitrogens with two attached hydrogens (primary N) is 1. The second-order valence-electron chi connectivity index (χ2n) is 18.5. The summed E-state index contributed by atoms with van der Waals surface area (Å²) in [5, 5.41) is 0. The highest BCUT2D eigenvalue weighted by Crippen LogP contribution is 2.23. The molecule has 0 spiro atoms. The van der Waals surface area contributed by atoms with E-state index in [9.17, 15) is 0 Å². The predicted molar refractivity (Wildman–Crippen MR) is 258 cm³/mol. The maximum absolute atomic E-state index is 6.76. The Morgan fingerprint density at radius 3 is 0.649 bits per heavy atom. The Morgan fingerprint density at radius 2 is 0.474 bits per heavy atom. The Morgan fingerprint density at radius 1 is 0.298 bits per heavy atom. The van der Waals surface area contributed by atoms with Crippen molar-refractivity contribution in [1.82, 2.24) is 0 Å². The molecule has 57 heavy (non-hydrogen) atoms. The van der Waals surface area contributed by atoms with Crippen LogP contribution in [0, 0.1) is 0 Å². The summed E-state index contributed by atoms with van der Waals surface area (Å²) in [4.78, 5) is 0. The van der Waals surface area contributed by atoms with Crippen molar-refractivity contribution >= 4 is 8.80 Å². The van der Waals surface area contributed by atoms with Crippen LogP contribution in [0.3, 0.4) is 0 Å². The van der Waals surface area contributed by atoms with Gasteiger partial charge in [-0.1, -0.05) is 271 Å². The lowest BCUT2D eigenvalue weighted by Gasteiger charge is -2.30. The zero-order valence-electron chi connectivity index (χ0n) is 40.1. The molecule has 344 valence electrons. The Balaban J connectivity index is 4.51. The van der Waals surface area contributed by atoms with Crippen molar-refractivity contribution in [3.63, 3.8) is 0 Å². The summed E-state index contributed by atoms with van der Waals surface area (Å²) in [5.74, 6) is 0. The van der Waals surface area contributed by atoms with Crippen molar-refractivity contribution in [3.8, 4) is 0 Å². The van der Waals surface area contributed by atoms with Crippen LogP contribution in [0.4, 0.5) is 0 Å². The highest BCUT2D eigenvalue weighted by molar-refractivity contribution is 6.60. The van der Waals surface area contributed by atoms with Crippen LogP contribution in [-0.4, -0.2) is 34.7 Å². The molecule has 4 nitrogen and oxygen atoms in total. The zero-order valence-corrected chi connectivity index (χ0v) is 41.1. The van der Waals surface area contributed by atoms with Gasteiger partial charge in [0.25, 0.3) is 0 Å². The minimum Gasteiger partial charge on any atom is -0.373 e. The van der Waals surface area contributed by atoms with Crippen LogP contribution >= 0.6 is 0 Å². The summed E-state index contributed by atoms with van der Waals surface area (Å²) in [6.07, 6.45) is 58.8. The Hall–Kier alpha value is 0.0569. The summed E-state index contributed by atoms with van der Waals surface area (Å²) in [5.41, 5.74) is 6.31. The Kier molecular flexibility index (Phi) is 48.8. The van der Waals surface area contributed by atoms with Gasteiger partial charge >= 0.3 is 8.80 Å². The molecule has 0 saturated heterocycles. The fraction of sp³-hybridized carbons (Fsp3) is 1.00. The summed E-state index contributed by atoms with van der Waals surface area (Å²) in [6, 6.07) is 1.01. The number of hydrogen-bond donors (Lipinski definition) is 1. The van der Waals surface area contributed by atoms with Gasteiger partial charge in [-0.05, 0) is 32.6 Å². The van der Waals surface area contributed by atoms with Crippen molar-refractivity contribution < 1.29 is 13.3 Å². The fourth-order valence-electron chi connectivity index (χ4n) is 8.32. The fourth-order valence-corrected chi connectivity index (χ4v) is 11.2.